The number of benzene rings is 1. The number of carbonyl (C=O) groups excluding carboxylic acids is 1. The number of nitrogens with zero attached hydrogens (tertiary/aromatic N) is 2. The molecule has 114 valence electrons. The van der Waals surface area contributed by atoms with Gasteiger partial charge in [-0.1, -0.05) is 24.3 Å². The van der Waals surface area contributed by atoms with E-state index in [2.05, 4.69) is 34.5 Å². The molecule has 0 fully saturated rings. The summed E-state index contributed by atoms with van der Waals surface area (Å²) < 4.78 is 0. The summed E-state index contributed by atoms with van der Waals surface area (Å²) in [5.74, 6) is 0. The summed E-state index contributed by atoms with van der Waals surface area (Å²) in [6.07, 6.45) is 4.32. The van der Waals surface area contributed by atoms with Crippen LogP contribution in [0, 0.1) is 0 Å². The molecule has 0 unspecified atom stereocenters. The highest BCUT2D eigenvalue weighted by Crippen LogP contribution is 2.17. The summed E-state index contributed by atoms with van der Waals surface area (Å²) >= 11 is 0. The minimum Gasteiger partial charge on any atom is -0.395 e. The van der Waals surface area contributed by atoms with E-state index in [-0.39, 0.29) is 12.6 Å². The zero-order valence-corrected chi connectivity index (χ0v) is 12.5. The van der Waals surface area contributed by atoms with Crippen molar-refractivity contribution in [3.05, 3.63) is 42.0 Å². The lowest BCUT2D eigenvalue weighted by atomic mass is 10.2. The number of carbonyl (C=O) groups is 1. The topological polar surface area (TPSA) is 55.8 Å². The maximum Gasteiger partial charge on any atom is 0.317 e. The van der Waals surface area contributed by atoms with Gasteiger partial charge in [0.1, 0.15) is 0 Å². The summed E-state index contributed by atoms with van der Waals surface area (Å²) in [7, 11) is 0. The molecular weight excluding hydrogens is 266 g/mol. The first-order valence-electron chi connectivity index (χ1n) is 7.37. The van der Waals surface area contributed by atoms with E-state index in [0.717, 1.165) is 18.7 Å². The molecule has 5 nitrogen and oxygen atoms in total. The van der Waals surface area contributed by atoms with Gasteiger partial charge in [-0.25, -0.2) is 4.79 Å². The van der Waals surface area contributed by atoms with Crippen LogP contribution in [0.3, 0.4) is 0 Å². The fourth-order valence-electron chi connectivity index (χ4n) is 2.33. The van der Waals surface area contributed by atoms with Gasteiger partial charge in [-0.2, -0.15) is 0 Å². The van der Waals surface area contributed by atoms with Crippen LogP contribution >= 0.6 is 0 Å². The maximum absolute atomic E-state index is 11.9. The number of likely N-dealkylation sites (N-methyl/N-ethyl adjacent to an activating group) is 1. The van der Waals surface area contributed by atoms with E-state index in [1.54, 1.807) is 4.90 Å². The number of aliphatic hydroxyl groups is 1. The van der Waals surface area contributed by atoms with E-state index in [1.807, 2.05) is 19.1 Å². The molecule has 0 bridgehead atoms. The Morgan fingerprint density at radius 3 is 2.52 bits per heavy atom. The Balaban J connectivity index is 1.84. The number of hydrogen-bond donors (Lipinski definition) is 2. The summed E-state index contributed by atoms with van der Waals surface area (Å²) in [6.45, 7) is 5.26. The lowest BCUT2D eigenvalue weighted by Crippen LogP contribution is -2.41. The van der Waals surface area contributed by atoms with Crippen LogP contribution in [0.15, 0.2) is 36.4 Å². The standard InChI is InChI=1S/C16H23N3O2/c1-2-18(11-12-20)16(21)17-13-14-5-7-15(8-6-14)19-9-3-4-10-19/h3-8,20H,2,9-13H2,1H3,(H,17,21). The van der Waals surface area contributed by atoms with E-state index in [0.29, 0.717) is 19.6 Å². The molecule has 1 aliphatic heterocycles. The number of amides is 2. The Kier molecular flexibility index (Phi) is 5.63. The monoisotopic (exact) mass is 289 g/mol. The molecule has 2 amide bonds. The van der Waals surface area contributed by atoms with Crippen LogP contribution in [0.5, 0.6) is 0 Å². The second-order valence-electron chi connectivity index (χ2n) is 5.00. The van der Waals surface area contributed by atoms with E-state index in [9.17, 15) is 4.79 Å². The second kappa shape index (κ2) is 7.69. The molecule has 0 aliphatic carbocycles. The van der Waals surface area contributed by atoms with Crippen molar-refractivity contribution in [3.8, 4) is 0 Å². The van der Waals surface area contributed by atoms with Gasteiger partial charge in [0.15, 0.2) is 0 Å². The summed E-state index contributed by atoms with van der Waals surface area (Å²) in [4.78, 5) is 15.8. The van der Waals surface area contributed by atoms with Crippen molar-refractivity contribution in [1.82, 2.24) is 10.2 Å². The first-order valence-corrected chi connectivity index (χ1v) is 7.37. The number of anilines is 1. The molecule has 5 heteroatoms. The molecule has 2 N–H and O–H groups in total. The molecule has 21 heavy (non-hydrogen) atoms. The number of rotatable bonds is 6. The fourth-order valence-corrected chi connectivity index (χ4v) is 2.33. The molecule has 1 aromatic rings. The highest BCUT2D eigenvalue weighted by atomic mass is 16.3. The van der Waals surface area contributed by atoms with Crippen molar-refractivity contribution in [3.63, 3.8) is 0 Å². The highest BCUT2D eigenvalue weighted by Gasteiger charge is 2.10. The molecule has 0 atom stereocenters. The minimum atomic E-state index is -0.139. The van der Waals surface area contributed by atoms with Gasteiger partial charge >= 0.3 is 6.03 Å². The zero-order valence-electron chi connectivity index (χ0n) is 12.5. The number of hydrogen-bond acceptors (Lipinski definition) is 3. The molecule has 0 radical (unpaired) electrons. The van der Waals surface area contributed by atoms with Crippen molar-refractivity contribution in [1.29, 1.82) is 0 Å². The Morgan fingerprint density at radius 2 is 1.95 bits per heavy atom. The normalized spacial score (nSPS) is 13.5. The predicted octanol–water partition coefficient (Wildman–Crippen LogP) is 1.59. The number of urea groups is 1. The first-order chi connectivity index (χ1) is 10.2. The SMILES string of the molecule is CCN(CCO)C(=O)NCc1ccc(N2CC=CC2)cc1. The van der Waals surface area contributed by atoms with Crippen LogP contribution in [-0.4, -0.2) is 48.8 Å². The summed E-state index contributed by atoms with van der Waals surface area (Å²) in [6, 6.07) is 8.10. The lowest BCUT2D eigenvalue weighted by Gasteiger charge is -2.20. The van der Waals surface area contributed by atoms with Gasteiger partial charge in [0, 0.05) is 38.4 Å². The molecule has 0 aromatic heterocycles. The van der Waals surface area contributed by atoms with Gasteiger partial charge in [-0.05, 0) is 24.6 Å². The molecule has 1 aliphatic rings. The van der Waals surface area contributed by atoms with Crippen molar-refractivity contribution in [2.75, 3.05) is 37.7 Å². The molecule has 1 aromatic carbocycles. The van der Waals surface area contributed by atoms with Crippen molar-refractivity contribution >= 4 is 11.7 Å². The Labute approximate surface area is 125 Å². The molecule has 2 rings (SSSR count). The van der Waals surface area contributed by atoms with Crippen molar-refractivity contribution in [2.45, 2.75) is 13.5 Å². The average Bonchev–Trinajstić information content (AvgIpc) is 3.05. The maximum atomic E-state index is 11.9. The third-order valence-electron chi connectivity index (χ3n) is 3.60. The van der Waals surface area contributed by atoms with Crippen LogP contribution < -0.4 is 10.2 Å². The van der Waals surface area contributed by atoms with Gasteiger partial charge in [0.2, 0.25) is 0 Å². The van der Waals surface area contributed by atoms with Crippen molar-refractivity contribution < 1.29 is 9.90 Å². The van der Waals surface area contributed by atoms with Gasteiger partial charge in [0.05, 0.1) is 6.61 Å². The third kappa shape index (κ3) is 4.23. The summed E-state index contributed by atoms with van der Waals surface area (Å²) in [5.41, 5.74) is 2.27. The Hall–Kier alpha value is -2.01. The molecule has 0 saturated heterocycles. The lowest BCUT2D eigenvalue weighted by molar-refractivity contribution is 0.180. The quantitative estimate of drug-likeness (QED) is 0.782. The smallest absolute Gasteiger partial charge is 0.317 e. The number of aliphatic hydroxyl groups excluding tert-OH is 1. The van der Waals surface area contributed by atoms with E-state index in [4.69, 9.17) is 5.11 Å². The zero-order chi connectivity index (χ0) is 15.1. The van der Waals surface area contributed by atoms with Crippen LogP contribution in [0.25, 0.3) is 0 Å². The van der Waals surface area contributed by atoms with E-state index >= 15 is 0 Å². The van der Waals surface area contributed by atoms with Gasteiger partial charge in [0.25, 0.3) is 0 Å². The predicted molar refractivity (Wildman–Crippen MR) is 84.4 cm³/mol. The Morgan fingerprint density at radius 1 is 1.29 bits per heavy atom. The van der Waals surface area contributed by atoms with Gasteiger partial charge in [-0.3, -0.25) is 0 Å². The molecule has 1 heterocycles. The van der Waals surface area contributed by atoms with Gasteiger partial charge < -0.3 is 20.2 Å². The second-order valence-corrected chi connectivity index (χ2v) is 5.00. The average molecular weight is 289 g/mol. The van der Waals surface area contributed by atoms with E-state index in [1.165, 1.54) is 5.69 Å². The minimum absolute atomic E-state index is 0.0141. The first kappa shape index (κ1) is 15.4. The molecule has 0 spiro atoms. The van der Waals surface area contributed by atoms with Gasteiger partial charge in [-0.15, -0.1) is 0 Å². The van der Waals surface area contributed by atoms with Crippen molar-refractivity contribution in [2.24, 2.45) is 0 Å². The fraction of sp³-hybridized carbons (Fsp3) is 0.438. The molecular formula is C16H23N3O2. The van der Waals surface area contributed by atoms with Crippen LogP contribution in [-0.2, 0) is 6.54 Å². The van der Waals surface area contributed by atoms with Crippen LogP contribution in [0.4, 0.5) is 10.5 Å². The highest BCUT2D eigenvalue weighted by molar-refractivity contribution is 5.74. The van der Waals surface area contributed by atoms with Crippen LogP contribution in [0.2, 0.25) is 0 Å². The van der Waals surface area contributed by atoms with E-state index < -0.39 is 0 Å². The van der Waals surface area contributed by atoms with Crippen LogP contribution in [0.1, 0.15) is 12.5 Å². The largest absolute Gasteiger partial charge is 0.395 e. The third-order valence-corrected chi connectivity index (χ3v) is 3.60. The molecule has 0 saturated carbocycles. The summed E-state index contributed by atoms with van der Waals surface area (Å²) in [5, 5.41) is 11.8. The Bertz CT molecular complexity index is 477. The number of nitrogens with one attached hydrogen (secondary N) is 1.